The molecular formula is C13H15ClN2O2S. The summed E-state index contributed by atoms with van der Waals surface area (Å²) in [6, 6.07) is 5.20. The van der Waals surface area contributed by atoms with Crippen LogP contribution in [0.5, 0.6) is 0 Å². The molecule has 1 aliphatic heterocycles. The first-order valence-corrected chi connectivity index (χ1v) is 6.78. The highest BCUT2D eigenvalue weighted by Gasteiger charge is 2.32. The zero-order chi connectivity index (χ0) is 14.0. The number of rotatable bonds is 2. The average Bonchev–Trinajstić information content (AvgIpc) is 2.62. The fourth-order valence-corrected chi connectivity index (χ4v) is 2.31. The van der Waals surface area contributed by atoms with Crippen molar-refractivity contribution in [3.05, 3.63) is 28.8 Å². The van der Waals surface area contributed by atoms with Gasteiger partial charge in [-0.25, -0.2) is 4.79 Å². The summed E-state index contributed by atoms with van der Waals surface area (Å²) < 4.78 is 5.05. The van der Waals surface area contributed by atoms with Crippen LogP contribution in [0.3, 0.4) is 0 Å². The molecule has 2 atom stereocenters. The molecule has 0 bridgehead atoms. The number of ether oxygens (including phenoxy) is 1. The zero-order valence-electron chi connectivity index (χ0n) is 10.7. The topological polar surface area (TPSA) is 50.4 Å². The molecule has 0 spiro atoms. The van der Waals surface area contributed by atoms with Crippen molar-refractivity contribution in [3.8, 4) is 0 Å². The predicted octanol–water partition coefficient (Wildman–Crippen LogP) is 2.64. The first kappa shape index (κ1) is 14.1. The van der Waals surface area contributed by atoms with Crippen LogP contribution in [0.1, 0.15) is 18.9 Å². The smallest absolute Gasteiger partial charge is 0.329 e. The lowest BCUT2D eigenvalue weighted by Crippen LogP contribution is -2.40. The highest BCUT2D eigenvalue weighted by atomic mass is 35.5. The van der Waals surface area contributed by atoms with Gasteiger partial charge in [0.15, 0.2) is 5.11 Å². The molecule has 0 unspecified atom stereocenters. The highest BCUT2D eigenvalue weighted by Crippen LogP contribution is 2.20. The molecule has 0 radical (unpaired) electrons. The number of aryl methyl sites for hydroxylation is 1. The van der Waals surface area contributed by atoms with E-state index in [0.717, 1.165) is 11.3 Å². The van der Waals surface area contributed by atoms with E-state index in [4.69, 9.17) is 28.6 Å². The molecule has 1 saturated heterocycles. The van der Waals surface area contributed by atoms with Crippen molar-refractivity contribution in [1.29, 1.82) is 0 Å². The van der Waals surface area contributed by atoms with Crippen LogP contribution in [0.25, 0.3) is 0 Å². The summed E-state index contributed by atoms with van der Waals surface area (Å²) in [6.45, 7) is 3.79. The first-order chi connectivity index (χ1) is 8.95. The summed E-state index contributed by atoms with van der Waals surface area (Å²) >= 11 is 11.2. The van der Waals surface area contributed by atoms with E-state index in [-0.39, 0.29) is 18.1 Å². The van der Waals surface area contributed by atoms with Crippen molar-refractivity contribution in [3.63, 3.8) is 0 Å². The van der Waals surface area contributed by atoms with Crippen LogP contribution in [0.4, 0.5) is 5.69 Å². The molecule has 0 saturated carbocycles. The van der Waals surface area contributed by atoms with E-state index in [0.29, 0.717) is 16.6 Å². The molecular weight excluding hydrogens is 284 g/mol. The maximum atomic E-state index is 11.5. The predicted molar refractivity (Wildman–Crippen MR) is 79.5 cm³/mol. The van der Waals surface area contributed by atoms with Crippen LogP contribution in [-0.4, -0.2) is 23.2 Å². The number of thiocarbonyl (C=S) groups is 1. The van der Waals surface area contributed by atoms with Gasteiger partial charge < -0.3 is 15.4 Å². The summed E-state index contributed by atoms with van der Waals surface area (Å²) in [4.78, 5) is 11.5. The molecule has 6 heteroatoms. The Labute approximate surface area is 122 Å². The van der Waals surface area contributed by atoms with Crippen molar-refractivity contribution < 1.29 is 9.53 Å². The van der Waals surface area contributed by atoms with Crippen LogP contribution < -0.4 is 10.6 Å². The van der Waals surface area contributed by atoms with Crippen LogP contribution in [0.2, 0.25) is 5.02 Å². The Morgan fingerprint density at radius 2 is 2.26 bits per heavy atom. The summed E-state index contributed by atoms with van der Waals surface area (Å²) in [5.74, 6) is -0.265. The number of hydrogen-bond donors (Lipinski definition) is 2. The van der Waals surface area contributed by atoms with Gasteiger partial charge in [0.25, 0.3) is 0 Å². The second kappa shape index (κ2) is 5.75. The summed E-state index contributed by atoms with van der Waals surface area (Å²) in [5, 5.41) is 7.00. The fourth-order valence-electron chi connectivity index (χ4n) is 1.87. The number of esters is 1. The number of anilines is 1. The molecule has 1 aliphatic rings. The highest BCUT2D eigenvalue weighted by molar-refractivity contribution is 7.80. The largest absolute Gasteiger partial charge is 0.461 e. The van der Waals surface area contributed by atoms with E-state index in [2.05, 4.69) is 10.6 Å². The average molecular weight is 299 g/mol. The lowest BCUT2D eigenvalue weighted by molar-refractivity contribution is -0.142. The minimum absolute atomic E-state index is 0.0679. The quantitative estimate of drug-likeness (QED) is 0.649. The number of cyclic esters (lactones) is 1. The lowest BCUT2D eigenvalue weighted by Gasteiger charge is -2.13. The summed E-state index contributed by atoms with van der Waals surface area (Å²) in [7, 11) is 0. The van der Waals surface area contributed by atoms with E-state index in [1.807, 2.05) is 26.0 Å². The van der Waals surface area contributed by atoms with Gasteiger partial charge in [0.05, 0.1) is 0 Å². The normalized spacial score (nSPS) is 21.9. The van der Waals surface area contributed by atoms with Crippen molar-refractivity contribution in [2.75, 3.05) is 5.32 Å². The Kier molecular flexibility index (Phi) is 4.27. The zero-order valence-corrected chi connectivity index (χ0v) is 12.3. The van der Waals surface area contributed by atoms with Gasteiger partial charge in [0.1, 0.15) is 12.1 Å². The van der Waals surface area contributed by atoms with Gasteiger partial charge in [-0.2, -0.15) is 0 Å². The van der Waals surface area contributed by atoms with Crippen LogP contribution in [0.15, 0.2) is 18.2 Å². The van der Waals surface area contributed by atoms with Gasteiger partial charge in [-0.1, -0.05) is 17.7 Å². The molecule has 0 amide bonds. The van der Waals surface area contributed by atoms with E-state index in [1.165, 1.54) is 0 Å². The summed E-state index contributed by atoms with van der Waals surface area (Å²) in [5.41, 5.74) is 1.78. The molecule has 4 nitrogen and oxygen atoms in total. The molecule has 2 N–H and O–H groups in total. The van der Waals surface area contributed by atoms with Crippen molar-refractivity contribution in [2.24, 2.45) is 0 Å². The fraction of sp³-hybridized carbons (Fsp3) is 0.385. The minimum atomic E-state index is -0.379. The molecule has 1 aromatic carbocycles. The van der Waals surface area contributed by atoms with E-state index in [9.17, 15) is 4.79 Å². The molecule has 2 rings (SSSR count). The molecule has 102 valence electrons. The number of hydrogen-bond acceptors (Lipinski definition) is 3. The van der Waals surface area contributed by atoms with Gasteiger partial charge in [-0.05, 0) is 43.8 Å². The molecule has 19 heavy (non-hydrogen) atoms. The number of halogens is 1. The minimum Gasteiger partial charge on any atom is -0.461 e. The van der Waals surface area contributed by atoms with E-state index < -0.39 is 0 Å². The molecule has 0 aromatic heterocycles. The maximum Gasteiger partial charge on any atom is 0.329 e. The third-order valence-electron chi connectivity index (χ3n) is 2.90. The third kappa shape index (κ3) is 3.58. The van der Waals surface area contributed by atoms with E-state index >= 15 is 0 Å². The Morgan fingerprint density at radius 3 is 2.84 bits per heavy atom. The van der Waals surface area contributed by atoms with Crippen molar-refractivity contribution in [2.45, 2.75) is 32.4 Å². The Morgan fingerprint density at radius 1 is 1.53 bits per heavy atom. The second-order valence-electron chi connectivity index (χ2n) is 4.60. The Hall–Kier alpha value is -1.33. The molecule has 1 fully saturated rings. The van der Waals surface area contributed by atoms with Crippen molar-refractivity contribution in [1.82, 2.24) is 5.32 Å². The first-order valence-electron chi connectivity index (χ1n) is 6.00. The van der Waals surface area contributed by atoms with Gasteiger partial charge >= 0.3 is 5.97 Å². The van der Waals surface area contributed by atoms with Gasteiger partial charge in [0.2, 0.25) is 0 Å². The molecule has 0 aliphatic carbocycles. The van der Waals surface area contributed by atoms with Crippen LogP contribution in [0, 0.1) is 6.92 Å². The SMILES string of the molecule is Cc1ccc(NC(=S)N[C@H]2C[C@@H](C)OC2=O)cc1Cl. The maximum absolute atomic E-state index is 11.5. The van der Waals surface area contributed by atoms with Gasteiger partial charge in [-0.3, -0.25) is 0 Å². The van der Waals surface area contributed by atoms with Gasteiger partial charge in [0, 0.05) is 17.1 Å². The molecule has 1 heterocycles. The van der Waals surface area contributed by atoms with Crippen LogP contribution in [-0.2, 0) is 9.53 Å². The lowest BCUT2D eigenvalue weighted by atomic mass is 10.2. The second-order valence-corrected chi connectivity index (χ2v) is 5.41. The number of carbonyl (C=O) groups excluding carboxylic acids is 1. The van der Waals surface area contributed by atoms with Crippen molar-refractivity contribution >= 4 is 40.6 Å². The van der Waals surface area contributed by atoms with Crippen LogP contribution >= 0.6 is 23.8 Å². The number of benzene rings is 1. The van der Waals surface area contributed by atoms with E-state index in [1.54, 1.807) is 6.07 Å². The Balaban J connectivity index is 1.94. The summed E-state index contributed by atoms with van der Waals surface area (Å²) in [6.07, 6.45) is 0.552. The monoisotopic (exact) mass is 298 g/mol. The molecule has 1 aromatic rings. The third-order valence-corrected chi connectivity index (χ3v) is 3.53. The standard InChI is InChI=1S/C13H15ClN2O2S/c1-7-3-4-9(6-10(7)14)15-13(19)16-11-5-8(2)18-12(11)17/h3-4,6,8,11H,5H2,1-2H3,(H2,15,16,19)/t8-,11+/m1/s1. The number of nitrogens with one attached hydrogen (secondary N) is 2. The Bertz CT molecular complexity index is 521. The number of carbonyl (C=O) groups is 1. The van der Waals surface area contributed by atoms with Gasteiger partial charge in [-0.15, -0.1) is 0 Å².